The van der Waals surface area contributed by atoms with E-state index in [1.807, 2.05) is 24.5 Å². The predicted molar refractivity (Wildman–Crippen MR) is 90.3 cm³/mol. The molecule has 0 aromatic carbocycles. The number of nitrogens with one attached hydrogen (secondary N) is 2. The van der Waals surface area contributed by atoms with Crippen molar-refractivity contribution < 1.29 is 0 Å². The normalized spacial score (nSPS) is 25.6. The van der Waals surface area contributed by atoms with Crippen molar-refractivity contribution in [2.75, 3.05) is 0 Å². The average molecular weight is 312 g/mol. The molecule has 5 heteroatoms. The van der Waals surface area contributed by atoms with Crippen LogP contribution >= 0.6 is 12.2 Å². The monoisotopic (exact) mass is 312 g/mol. The van der Waals surface area contributed by atoms with Crippen LogP contribution in [0.25, 0.3) is 0 Å². The zero-order chi connectivity index (χ0) is 14.9. The molecule has 2 aromatic heterocycles. The van der Waals surface area contributed by atoms with Gasteiger partial charge in [-0.15, -0.1) is 0 Å². The second-order valence-corrected chi connectivity index (χ2v) is 6.48. The van der Waals surface area contributed by atoms with Crippen molar-refractivity contribution in [3.8, 4) is 0 Å². The summed E-state index contributed by atoms with van der Waals surface area (Å²) in [4.78, 5) is 10.3. The molecular weight excluding hydrogens is 292 g/mol. The Labute approximate surface area is 135 Å². The lowest BCUT2D eigenvalue weighted by molar-refractivity contribution is 0.242. The molecule has 1 saturated carbocycles. The molecular formula is C17H20N4S. The molecule has 4 rings (SSSR count). The summed E-state index contributed by atoms with van der Waals surface area (Å²) < 4.78 is 0. The van der Waals surface area contributed by atoms with Crippen LogP contribution in [0.1, 0.15) is 49.2 Å². The summed E-state index contributed by atoms with van der Waals surface area (Å²) in [6.45, 7) is 0. The van der Waals surface area contributed by atoms with Crippen LogP contribution in [0.15, 0.2) is 42.7 Å². The summed E-state index contributed by atoms with van der Waals surface area (Å²) in [5.74, 6) is 0. The SMILES string of the molecule is S=C1NC(c2ccccn2)C(c2ccc[nH]2)N1C1CCCC1. The van der Waals surface area contributed by atoms with E-state index in [2.05, 4.69) is 38.4 Å². The van der Waals surface area contributed by atoms with E-state index < -0.39 is 0 Å². The summed E-state index contributed by atoms with van der Waals surface area (Å²) in [7, 11) is 0. The van der Waals surface area contributed by atoms with Gasteiger partial charge in [-0.2, -0.15) is 0 Å². The zero-order valence-electron chi connectivity index (χ0n) is 12.4. The van der Waals surface area contributed by atoms with Crippen molar-refractivity contribution in [1.29, 1.82) is 0 Å². The molecule has 2 atom stereocenters. The van der Waals surface area contributed by atoms with Gasteiger partial charge in [0.25, 0.3) is 0 Å². The molecule has 2 N–H and O–H groups in total. The number of nitrogens with zero attached hydrogens (tertiary/aromatic N) is 2. The second kappa shape index (κ2) is 5.72. The molecule has 22 heavy (non-hydrogen) atoms. The van der Waals surface area contributed by atoms with Gasteiger partial charge in [0.1, 0.15) is 0 Å². The van der Waals surface area contributed by atoms with E-state index in [1.54, 1.807) is 0 Å². The van der Waals surface area contributed by atoms with Gasteiger partial charge in [0.15, 0.2) is 5.11 Å². The predicted octanol–water partition coefficient (Wildman–Crippen LogP) is 3.32. The van der Waals surface area contributed by atoms with Crippen molar-refractivity contribution in [3.63, 3.8) is 0 Å². The minimum atomic E-state index is 0.105. The van der Waals surface area contributed by atoms with Crippen molar-refractivity contribution >= 4 is 17.3 Å². The molecule has 4 nitrogen and oxygen atoms in total. The van der Waals surface area contributed by atoms with Crippen LogP contribution in [-0.2, 0) is 0 Å². The van der Waals surface area contributed by atoms with E-state index in [0.717, 1.165) is 10.8 Å². The maximum Gasteiger partial charge on any atom is 0.170 e. The van der Waals surface area contributed by atoms with Crippen molar-refractivity contribution in [2.24, 2.45) is 0 Å². The van der Waals surface area contributed by atoms with Gasteiger partial charge in [-0.3, -0.25) is 4.98 Å². The van der Waals surface area contributed by atoms with Crippen molar-refractivity contribution in [1.82, 2.24) is 20.2 Å². The van der Waals surface area contributed by atoms with E-state index in [0.29, 0.717) is 6.04 Å². The van der Waals surface area contributed by atoms with Gasteiger partial charge in [0.2, 0.25) is 0 Å². The Kier molecular flexibility index (Phi) is 3.58. The number of aromatic amines is 1. The van der Waals surface area contributed by atoms with Gasteiger partial charge < -0.3 is 15.2 Å². The number of hydrogen-bond acceptors (Lipinski definition) is 2. The first-order chi connectivity index (χ1) is 10.8. The molecule has 1 aliphatic heterocycles. The molecule has 1 aliphatic carbocycles. The molecule has 2 unspecified atom stereocenters. The third kappa shape index (κ3) is 2.29. The average Bonchev–Trinajstić information content (AvgIpc) is 3.28. The lowest BCUT2D eigenvalue weighted by atomic mass is 10.00. The number of aromatic nitrogens is 2. The van der Waals surface area contributed by atoms with Crippen LogP contribution in [0.4, 0.5) is 0 Å². The van der Waals surface area contributed by atoms with E-state index in [4.69, 9.17) is 12.2 Å². The molecule has 0 amide bonds. The lowest BCUT2D eigenvalue weighted by Gasteiger charge is -2.32. The second-order valence-electron chi connectivity index (χ2n) is 6.10. The number of pyridine rings is 1. The third-order valence-electron chi connectivity index (χ3n) is 4.79. The Morgan fingerprint density at radius 1 is 1.14 bits per heavy atom. The Morgan fingerprint density at radius 2 is 2.00 bits per heavy atom. The number of H-pyrrole nitrogens is 1. The highest BCUT2D eigenvalue weighted by molar-refractivity contribution is 7.80. The fourth-order valence-corrected chi connectivity index (χ4v) is 4.19. The lowest BCUT2D eigenvalue weighted by Crippen LogP contribution is -2.37. The van der Waals surface area contributed by atoms with Crippen LogP contribution in [0.2, 0.25) is 0 Å². The zero-order valence-corrected chi connectivity index (χ0v) is 13.2. The van der Waals surface area contributed by atoms with Gasteiger partial charge in [0.05, 0.1) is 17.8 Å². The number of hydrogen-bond donors (Lipinski definition) is 2. The topological polar surface area (TPSA) is 44.0 Å². The Bertz CT molecular complexity index is 634. The summed E-state index contributed by atoms with van der Waals surface area (Å²) in [6.07, 6.45) is 8.90. The summed E-state index contributed by atoms with van der Waals surface area (Å²) in [5, 5.41) is 4.37. The highest BCUT2D eigenvalue weighted by atomic mass is 32.1. The first kappa shape index (κ1) is 13.8. The van der Waals surface area contributed by atoms with Crippen LogP contribution < -0.4 is 5.32 Å². The van der Waals surface area contributed by atoms with Crippen LogP contribution in [-0.4, -0.2) is 26.0 Å². The summed E-state index contributed by atoms with van der Waals surface area (Å²) in [5.41, 5.74) is 2.25. The fourth-order valence-electron chi connectivity index (χ4n) is 3.80. The fraction of sp³-hybridized carbons (Fsp3) is 0.412. The van der Waals surface area contributed by atoms with Crippen LogP contribution in [0.3, 0.4) is 0 Å². The Hall–Kier alpha value is -1.88. The molecule has 0 radical (unpaired) electrons. The molecule has 0 spiro atoms. The quantitative estimate of drug-likeness (QED) is 0.853. The van der Waals surface area contributed by atoms with E-state index in [-0.39, 0.29) is 12.1 Å². The van der Waals surface area contributed by atoms with Crippen molar-refractivity contribution in [2.45, 2.75) is 43.8 Å². The van der Waals surface area contributed by atoms with Crippen LogP contribution in [0.5, 0.6) is 0 Å². The molecule has 1 saturated heterocycles. The van der Waals surface area contributed by atoms with E-state index in [9.17, 15) is 0 Å². The Balaban J connectivity index is 1.74. The molecule has 0 bridgehead atoms. The van der Waals surface area contributed by atoms with Gasteiger partial charge in [-0.1, -0.05) is 18.9 Å². The highest BCUT2D eigenvalue weighted by Gasteiger charge is 2.43. The maximum absolute atomic E-state index is 5.68. The minimum Gasteiger partial charge on any atom is -0.363 e. The summed E-state index contributed by atoms with van der Waals surface area (Å²) in [6, 6.07) is 11.1. The molecule has 114 valence electrons. The first-order valence-electron chi connectivity index (χ1n) is 7.97. The largest absolute Gasteiger partial charge is 0.363 e. The standard InChI is InChI=1S/C17H20N4S/c22-17-20-15(13-8-3-4-10-18-13)16(14-9-5-11-19-14)21(17)12-6-1-2-7-12/h3-5,8-12,15-16,19H,1-2,6-7H2,(H,20,22). The number of rotatable bonds is 3. The van der Waals surface area contributed by atoms with Gasteiger partial charge in [-0.05, 0) is 49.3 Å². The Morgan fingerprint density at radius 3 is 2.68 bits per heavy atom. The first-order valence-corrected chi connectivity index (χ1v) is 8.38. The maximum atomic E-state index is 5.68. The molecule has 2 aromatic rings. The van der Waals surface area contributed by atoms with E-state index >= 15 is 0 Å². The van der Waals surface area contributed by atoms with Gasteiger partial charge >= 0.3 is 0 Å². The number of thiocarbonyl (C=S) groups is 1. The smallest absolute Gasteiger partial charge is 0.170 e. The summed E-state index contributed by atoms with van der Waals surface area (Å²) >= 11 is 5.68. The van der Waals surface area contributed by atoms with Crippen LogP contribution in [0, 0.1) is 0 Å². The highest BCUT2D eigenvalue weighted by Crippen LogP contribution is 2.41. The third-order valence-corrected chi connectivity index (χ3v) is 5.12. The van der Waals surface area contributed by atoms with Gasteiger partial charge in [-0.25, -0.2) is 0 Å². The molecule has 2 aliphatic rings. The van der Waals surface area contributed by atoms with E-state index in [1.165, 1.54) is 31.4 Å². The molecule has 2 fully saturated rings. The van der Waals surface area contributed by atoms with Crippen molar-refractivity contribution in [3.05, 3.63) is 54.1 Å². The van der Waals surface area contributed by atoms with Gasteiger partial charge in [0, 0.05) is 24.1 Å². The minimum absolute atomic E-state index is 0.105. The molecule has 3 heterocycles.